The highest BCUT2D eigenvalue weighted by Crippen LogP contribution is 2.43. The molecule has 1 aromatic rings. The van der Waals surface area contributed by atoms with E-state index in [2.05, 4.69) is 10.2 Å². The van der Waals surface area contributed by atoms with Crippen LogP contribution in [0.3, 0.4) is 0 Å². The van der Waals surface area contributed by atoms with E-state index < -0.39 is 0 Å². The number of nitrogens with one attached hydrogen (secondary N) is 1. The van der Waals surface area contributed by atoms with Gasteiger partial charge in [-0.1, -0.05) is 25.4 Å². The van der Waals surface area contributed by atoms with Gasteiger partial charge in [0.05, 0.1) is 12.1 Å². The number of halogens is 1. The number of piperazine rings is 1. The van der Waals surface area contributed by atoms with Crippen molar-refractivity contribution in [1.82, 2.24) is 10.2 Å². The second-order valence-electron chi connectivity index (χ2n) is 6.39. The number of hydrogen-bond acceptors (Lipinski definition) is 5. The molecule has 0 aliphatic carbocycles. The molecule has 0 radical (unpaired) electrons. The van der Waals surface area contributed by atoms with Gasteiger partial charge in [-0.05, 0) is 17.7 Å². The summed E-state index contributed by atoms with van der Waals surface area (Å²) in [5.74, 6) is 0.310. The van der Waals surface area contributed by atoms with Crippen LogP contribution in [0.1, 0.15) is 25.5 Å². The zero-order chi connectivity index (χ0) is 16.3. The Morgan fingerprint density at radius 3 is 2.55 bits per heavy atom. The molecule has 2 rings (SSSR count). The molecule has 0 aromatic heterocycles. The van der Waals surface area contributed by atoms with E-state index in [1.165, 1.54) is 7.11 Å². The summed E-state index contributed by atoms with van der Waals surface area (Å²) in [5.41, 5.74) is 0.600. The quantitative estimate of drug-likeness (QED) is 0.772. The highest BCUT2D eigenvalue weighted by atomic mass is 35.5. The molecule has 6 heteroatoms. The molecule has 1 atom stereocenters. The number of ether oxygens (including phenoxy) is 1. The molecule has 0 bridgehead atoms. The predicted molar refractivity (Wildman–Crippen MR) is 87.7 cm³/mol. The van der Waals surface area contributed by atoms with Crippen LogP contribution in [-0.4, -0.2) is 55.0 Å². The number of aliphatic hydroxyl groups excluding tert-OH is 1. The highest BCUT2D eigenvalue weighted by Gasteiger charge is 2.36. The molecule has 22 heavy (non-hydrogen) atoms. The Balaban J connectivity index is 2.46. The Kier molecular flexibility index (Phi) is 5.55. The third-order valence-corrected chi connectivity index (χ3v) is 4.54. The van der Waals surface area contributed by atoms with Gasteiger partial charge in [0.1, 0.15) is 0 Å². The van der Waals surface area contributed by atoms with Gasteiger partial charge in [-0.3, -0.25) is 4.90 Å². The fourth-order valence-electron chi connectivity index (χ4n) is 3.09. The molecule has 1 aliphatic rings. The lowest BCUT2D eigenvalue weighted by Crippen LogP contribution is -2.49. The number of phenols is 1. The van der Waals surface area contributed by atoms with Gasteiger partial charge < -0.3 is 20.3 Å². The van der Waals surface area contributed by atoms with Crippen LogP contribution in [0, 0.1) is 5.41 Å². The van der Waals surface area contributed by atoms with Crippen molar-refractivity contribution in [3.05, 3.63) is 22.7 Å². The van der Waals surface area contributed by atoms with Gasteiger partial charge in [0.15, 0.2) is 11.5 Å². The van der Waals surface area contributed by atoms with E-state index in [0.717, 1.165) is 31.7 Å². The summed E-state index contributed by atoms with van der Waals surface area (Å²) >= 11 is 6.15. The van der Waals surface area contributed by atoms with Crippen molar-refractivity contribution >= 4 is 11.6 Å². The van der Waals surface area contributed by atoms with Crippen LogP contribution in [0.2, 0.25) is 5.02 Å². The van der Waals surface area contributed by atoms with Crippen molar-refractivity contribution in [3.63, 3.8) is 0 Å². The highest BCUT2D eigenvalue weighted by molar-refractivity contribution is 6.32. The molecule has 1 fully saturated rings. The van der Waals surface area contributed by atoms with Crippen molar-refractivity contribution in [3.8, 4) is 11.5 Å². The summed E-state index contributed by atoms with van der Waals surface area (Å²) in [6.45, 7) is 7.76. The maximum atomic E-state index is 9.94. The molecule has 0 amide bonds. The fraction of sp³-hybridized carbons (Fsp3) is 0.625. The topological polar surface area (TPSA) is 65.0 Å². The lowest BCUT2D eigenvalue weighted by molar-refractivity contribution is 0.0304. The molecule has 1 aromatic carbocycles. The number of aliphatic hydroxyl groups is 1. The number of aromatic hydroxyl groups is 1. The minimum Gasteiger partial charge on any atom is -0.503 e. The van der Waals surface area contributed by atoms with Crippen LogP contribution in [0.5, 0.6) is 11.5 Å². The lowest BCUT2D eigenvalue weighted by Gasteiger charge is -2.43. The minimum atomic E-state index is -0.345. The smallest absolute Gasteiger partial charge is 0.176 e. The third kappa shape index (κ3) is 3.49. The first-order valence-corrected chi connectivity index (χ1v) is 7.90. The van der Waals surface area contributed by atoms with Crippen molar-refractivity contribution in [2.75, 3.05) is 39.9 Å². The molecule has 1 aliphatic heterocycles. The number of nitrogens with zero attached hydrogens (tertiary/aromatic N) is 1. The maximum absolute atomic E-state index is 9.94. The number of methoxy groups -OCH3 is 1. The van der Waals surface area contributed by atoms with E-state index in [-0.39, 0.29) is 28.8 Å². The van der Waals surface area contributed by atoms with Crippen LogP contribution < -0.4 is 10.1 Å². The molecule has 3 N–H and O–H groups in total. The van der Waals surface area contributed by atoms with E-state index in [1.807, 2.05) is 19.9 Å². The van der Waals surface area contributed by atoms with Gasteiger partial charge in [-0.15, -0.1) is 0 Å². The van der Waals surface area contributed by atoms with E-state index in [4.69, 9.17) is 16.3 Å². The number of benzene rings is 1. The zero-order valence-corrected chi connectivity index (χ0v) is 14.2. The van der Waals surface area contributed by atoms with Gasteiger partial charge in [-0.25, -0.2) is 0 Å². The van der Waals surface area contributed by atoms with Gasteiger partial charge in [-0.2, -0.15) is 0 Å². The minimum absolute atomic E-state index is 0.00778. The Morgan fingerprint density at radius 2 is 2.00 bits per heavy atom. The largest absolute Gasteiger partial charge is 0.503 e. The lowest BCUT2D eigenvalue weighted by atomic mass is 9.79. The summed E-state index contributed by atoms with van der Waals surface area (Å²) in [7, 11) is 1.51. The van der Waals surface area contributed by atoms with Gasteiger partial charge >= 0.3 is 0 Å². The molecule has 1 saturated heterocycles. The monoisotopic (exact) mass is 328 g/mol. The first-order valence-electron chi connectivity index (χ1n) is 7.52. The number of hydrogen-bond donors (Lipinski definition) is 3. The molecule has 0 unspecified atom stereocenters. The van der Waals surface area contributed by atoms with Gasteiger partial charge in [0.2, 0.25) is 0 Å². The Labute approximate surface area is 136 Å². The summed E-state index contributed by atoms with van der Waals surface area (Å²) in [6.07, 6.45) is 0. The van der Waals surface area contributed by atoms with Crippen LogP contribution >= 0.6 is 11.6 Å². The van der Waals surface area contributed by atoms with Crippen LogP contribution in [0.25, 0.3) is 0 Å². The molecule has 1 heterocycles. The molecule has 5 nitrogen and oxygen atoms in total. The standard InChI is InChI=1S/C16H25ClN2O3/c1-16(2,10-20)15(19-6-4-18-5-7-19)11-8-12(17)14(21)13(9-11)22-3/h8-9,15,18,20-21H,4-7,10H2,1-3H3/t15-/m0/s1. The first kappa shape index (κ1) is 17.3. The first-order chi connectivity index (χ1) is 10.4. The summed E-state index contributed by atoms with van der Waals surface area (Å²) in [4.78, 5) is 2.34. The van der Waals surface area contributed by atoms with Gasteiger partial charge in [0.25, 0.3) is 0 Å². The summed E-state index contributed by atoms with van der Waals surface area (Å²) in [5, 5.41) is 23.4. The predicted octanol–water partition coefficient (Wildman–Crippen LogP) is 2.02. The maximum Gasteiger partial charge on any atom is 0.176 e. The Morgan fingerprint density at radius 1 is 1.36 bits per heavy atom. The van der Waals surface area contributed by atoms with Crippen LogP contribution in [0.4, 0.5) is 0 Å². The second-order valence-corrected chi connectivity index (χ2v) is 6.80. The van der Waals surface area contributed by atoms with E-state index in [0.29, 0.717) is 5.75 Å². The Hall–Kier alpha value is -1.01. The molecule has 0 saturated carbocycles. The van der Waals surface area contributed by atoms with E-state index >= 15 is 0 Å². The van der Waals surface area contributed by atoms with E-state index in [9.17, 15) is 10.2 Å². The molecular weight excluding hydrogens is 304 g/mol. The van der Waals surface area contributed by atoms with Gasteiger partial charge in [0, 0.05) is 44.2 Å². The zero-order valence-electron chi connectivity index (χ0n) is 13.4. The van der Waals surface area contributed by atoms with E-state index in [1.54, 1.807) is 6.07 Å². The SMILES string of the molecule is COc1cc([C@H](N2CCNCC2)C(C)(C)CO)cc(Cl)c1O. The fourth-order valence-corrected chi connectivity index (χ4v) is 3.31. The molecule has 124 valence electrons. The van der Waals surface area contributed by atoms with Crippen molar-refractivity contribution in [2.45, 2.75) is 19.9 Å². The average Bonchev–Trinajstić information content (AvgIpc) is 2.51. The molecule has 0 spiro atoms. The normalized spacial score (nSPS) is 18.2. The molecular formula is C16H25ClN2O3. The number of rotatable bonds is 5. The summed E-state index contributed by atoms with van der Waals surface area (Å²) in [6, 6.07) is 3.57. The second kappa shape index (κ2) is 7.04. The Bertz CT molecular complexity index is 516. The van der Waals surface area contributed by atoms with Crippen molar-refractivity contribution in [1.29, 1.82) is 0 Å². The van der Waals surface area contributed by atoms with Crippen LogP contribution in [-0.2, 0) is 0 Å². The third-order valence-electron chi connectivity index (χ3n) is 4.25. The van der Waals surface area contributed by atoms with Crippen LogP contribution in [0.15, 0.2) is 12.1 Å². The van der Waals surface area contributed by atoms with Crippen molar-refractivity contribution in [2.24, 2.45) is 5.41 Å². The van der Waals surface area contributed by atoms with Crippen molar-refractivity contribution < 1.29 is 14.9 Å². The average molecular weight is 329 g/mol. The number of phenolic OH excluding ortho intramolecular Hbond substituents is 1. The summed E-state index contributed by atoms with van der Waals surface area (Å²) < 4.78 is 5.22.